The molecule has 45 heavy (non-hydrogen) atoms. The van der Waals surface area contributed by atoms with Gasteiger partial charge in [0.05, 0.1) is 23.5 Å². The lowest BCUT2D eigenvalue weighted by Crippen LogP contribution is -2.29. The first-order chi connectivity index (χ1) is 21.9. The van der Waals surface area contributed by atoms with Crippen molar-refractivity contribution in [2.75, 3.05) is 16.8 Å². The lowest BCUT2D eigenvalue weighted by atomic mass is 9.96. The predicted molar refractivity (Wildman–Crippen MR) is 184 cm³/mol. The topological polar surface area (TPSA) is 71.4 Å². The largest absolute Gasteiger partial charge is 0.484 e. The van der Waals surface area contributed by atoms with Crippen molar-refractivity contribution in [2.45, 2.75) is 46.2 Å². The predicted octanol–water partition coefficient (Wildman–Crippen LogP) is 7.55. The fraction of sp³-hybridized carbons (Fsp3) is 0.216. The van der Waals surface area contributed by atoms with Gasteiger partial charge in [-0.25, -0.2) is 0 Å². The van der Waals surface area contributed by atoms with Crippen LogP contribution in [0.1, 0.15) is 52.8 Å². The van der Waals surface area contributed by atoms with Gasteiger partial charge in [0, 0.05) is 29.0 Å². The Hall–Kier alpha value is -4.95. The standard InChI is InChI=1S/C37H37N5O2S/c1-5-27-13-11-12-24(2)35(27)41-25(3)22-31(26(41)4)36-34(32-16-9-10-21-38-32)40-37(45)42(36)29-19-17-28(18-20-29)39-33(43)23-44-30-14-7-6-8-15-30/h6-22,34,36H,5,23H2,1-4H3,(H,39,43)(H,40,45)/t34-,36+/m1/s1. The zero-order chi connectivity index (χ0) is 31.5. The minimum absolute atomic E-state index is 0.0734. The van der Waals surface area contributed by atoms with Gasteiger partial charge in [0.2, 0.25) is 0 Å². The monoisotopic (exact) mass is 615 g/mol. The summed E-state index contributed by atoms with van der Waals surface area (Å²) in [4.78, 5) is 19.5. The molecule has 2 N–H and O–H groups in total. The third kappa shape index (κ3) is 6.06. The Kier molecular flexibility index (Phi) is 8.67. The van der Waals surface area contributed by atoms with E-state index < -0.39 is 0 Å². The van der Waals surface area contributed by atoms with Crippen molar-refractivity contribution in [3.63, 3.8) is 0 Å². The zero-order valence-corrected chi connectivity index (χ0v) is 26.8. The lowest BCUT2D eigenvalue weighted by Gasteiger charge is -2.28. The zero-order valence-electron chi connectivity index (χ0n) is 26.0. The summed E-state index contributed by atoms with van der Waals surface area (Å²) in [5.74, 6) is 0.424. The normalized spacial score (nSPS) is 16.0. The van der Waals surface area contributed by atoms with Crippen LogP contribution in [0.2, 0.25) is 0 Å². The third-order valence-electron chi connectivity index (χ3n) is 8.36. The van der Waals surface area contributed by atoms with Gasteiger partial charge in [-0.1, -0.05) is 49.4 Å². The summed E-state index contributed by atoms with van der Waals surface area (Å²) >= 11 is 5.99. The molecule has 0 spiro atoms. The van der Waals surface area contributed by atoms with E-state index in [2.05, 4.69) is 72.1 Å². The van der Waals surface area contributed by atoms with E-state index in [9.17, 15) is 4.79 Å². The number of hydrogen-bond acceptors (Lipinski definition) is 4. The fourth-order valence-corrected chi connectivity index (χ4v) is 6.62. The van der Waals surface area contributed by atoms with Crippen molar-refractivity contribution in [3.05, 3.63) is 137 Å². The number of amides is 1. The van der Waals surface area contributed by atoms with E-state index in [1.165, 1.54) is 33.8 Å². The first kappa shape index (κ1) is 30.1. The van der Waals surface area contributed by atoms with Gasteiger partial charge in [-0.3, -0.25) is 9.78 Å². The number of carbonyl (C=O) groups excluding carboxylic acids is 1. The van der Waals surface area contributed by atoms with Crippen molar-refractivity contribution >= 4 is 34.6 Å². The van der Waals surface area contributed by atoms with Crippen molar-refractivity contribution in [1.29, 1.82) is 0 Å². The van der Waals surface area contributed by atoms with Gasteiger partial charge in [0.1, 0.15) is 5.75 Å². The second kappa shape index (κ2) is 13.0. The molecular weight excluding hydrogens is 579 g/mol. The van der Waals surface area contributed by atoms with Crippen LogP contribution in [0.15, 0.2) is 103 Å². The number of carbonyl (C=O) groups is 1. The highest BCUT2D eigenvalue weighted by Gasteiger charge is 2.42. The quantitative estimate of drug-likeness (QED) is 0.167. The summed E-state index contributed by atoms with van der Waals surface area (Å²) in [5, 5.41) is 7.13. The van der Waals surface area contributed by atoms with Gasteiger partial charge < -0.3 is 24.8 Å². The number of anilines is 2. The van der Waals surface area contributed by atoms with Gasteiger partial charge in [-0.2, -0.15) is 0 Å². The average molecular weight is 616 g/mol. The van der Waals surface area contributed by atoms with Gasteiger partial charge >= 0.3 is 0 Å². The highest BCUT2D eigenvalue weighted by atomic mass is 32.1. The van der Waals surface area contributed by atoms with E-state index in [4.69, 9.17) is 21.9 Å². The number of para-hydroxylation sites is 2. The summed E-state index contributed by atoms with van der Waals surface area (Å²) in [7, 11) is 0. The molecule has 1 amide bonds. The average Bonchev–Trinajstić information content (AvgIpc) is 3.55. The van der Waals surface area contributed by atoms with E-state index in [1.54, 1.807) is 0 Å². The molecule has 5 aromatic rings. The van der Waals surface area contributed by atoms with Crippen LogP contribution >= 0.6 is 12.2 Å². The molecule has 3 heterocycles. The summed E-state index contributed by atoms with van der Waals surface area (Å²) in [5.41, 5.74) is 9.83. The highest BCUT2D eigenvalue weighted by Crippen LogP contribution is 2.44. The molecule has 2 atom stereocenters. The summed E-state index contributed by atoms with van der Waals surface area (Å²) in [6, 6.07) is 31.6. The molecule has 0 radical (unpaired) electrons. The van der Waals surface area contributed by atoms with Crippen LogP contribution < -0.4 is 20.3 Å². The summed E-state index contributed by atoms with van der Waals surface area (Å²) < 4.78 is 7.98. The maximum Gasteiger partial charge on any atom is 0.262 e. The fourth-order valence-electron chi connectivity index (χ4n) is 6.27. The van der Waals surface area contributed by atoms with Crippen LogP contribution in [0.5, 0.6) is 5.75 Å². The molecule has 1 aliphatic heterocycles. The van der Waals surface area contributed by atoms with Crippen molar-refractivity contribution < 1.29 is 9.53 Å². The molecular formula is C37H37N5O2S. The van der Waals surface area contributed by atoms with E-state index >= 15 is 0 Å². The lowest BCUT2D eigenvalue weighted by molar-refractivity contribution is -0.118. The molecule has 7 nitrogen and oxygen atoms in total. The van der Waals surface area contributed by atoms with Crippen molar-refractivity contribution in [3.8, 4) is 11.4 Å². The van der Waals surface area contributed by atoms with Crippen LogP contribution in [0.25, 0.3) is 5.69 Å². The maximum absolute atomic E-state index is 12.6. The smallest absolute Gasteiger partial charge is 0.262 e. The molecule has 6 rings (SSSR count). The molecule has 0 unspecified atom stereocenters. The van der Waals surface area contributed by atoms with Crippen LogP contribution in [0.4, 0.5) is 11.4 Å². The first-order valence-corrected chi connectivity index (χ1v) is 15.6. The van der Waals surface area contributed by atoms with Crippen molar-refractivity contribution in [2.24, 2.45) is 0 Å². The molecule has 0 aliphatic carbocycles. The van der Waals surface area contributed by atoms with E-state index in [1.807, 2.05) is 79.0 Å². The number of aromatic nitrogens is 2. The van der Waals surface area contributed by atoms with Crippen LogP contribution in [-0.2, 0) is 11.2 Å². The number of ether oxygens (including phenoxy) is 1. The molecule has 8 heteroatoms. The highest BCUT2D eigenvalue weighted by molar-refractivity contribution is 7.80. The molecule has 2 aromatic heterocycles. The first-order valence-electron chi connectivity index (χ1n) is 15.2. The maximum atomic E-state index is 12.6. The molecule has 1 fully saturated rings. The van der Waals surface area contributed by atoms with Crippen LogP contribution in [-0.4, -0.2) is 27.2 Å². The van der Waals surface area contributed by atoms with Crippen LogP contribution in [0.3, 0.4) is 0 Å². The number of nitrogens with one attached hydrogen (secondary N) is 2. The Bertz CT molecular complexity index is 1820. The Balaban J connectivity index is 1.33. The van der Waals surface area contributed by atoms with Crippen LogP contribution in [0, 0.1) is 20.8 Å². The minimum atomic E-state index is -0.229. The van der Waals surface area contributed by atoms with Gasteiger partial charge in [0.25, 0.3) is 5.91 Å². The van der Waals surface area contributed by atoms with Gasteiger partial charge in [-0.15, -0.1) is 0 Å². The second-order valence-electron chi connectivity index (χ2n) is 11.3. The number of thiocarbonyl (C=S) groups is 1. The second-order valence-corrected chi connectivity index (χ2v) is 11.7. The number of nitrogens with zero attached hydrogens (tertiary/aromatic N) is 3. The van der Waals surface area contributed by atoms with Gasteiger partial charge in [0.15, 0.2) is 11.7 Å². The number of benzene rings is 3. The molecule has 0 bridgehead atoms. The number of aryl methyl sites for hydroxylation is 3. The van der Waals surface area contributed by atoms with Crippen molar-refractivity contribution in [1.82, 2.24) is 14.9 Å². The number of rotatable bonds is 9. The SMILES string of the molecule is CCc1cccc(C)c1-n1c(C)cc([C@H]2[C@@H](c3ccccn3)NC(=S)N2c2ccc(NC(=O)COc3ccccc3)cc2)c1C. The molecule has 228 valence electrons. The third-order valence-corrected chi connectivity index (χ3v) is 8.67. The Labute approximate surface area is 269 Å². The molecule has 1 saturated heterocycles. The number of hydrogen-bond donors (Lipinski definition) is 2. The molecule has 3 aromatic carbocycles. The van der Waals surface area contributed by atoms with Gasteiger partial charge in [-0.05, 0) is 111 Å². The molecule has 1 aliphatic rings. The minimum Gasteiger partial charge on any atom is -0.484 e. The number of pyridine rings is 1. The Morgan fingerprint density at radius 3 is 2.42 bits per heavy atom. The van der Waals surface area contributed by atoms with E-state index in [0.29, 0.717) is 16.5 Å². The van der Waals surface area contributed by atoms with E-state index in [0.717, 1.165) is 17.8 Å². The summed E-state index contributed by atoms with van der Waals surface area (Å²) in [6.45, 7) is 8.67. The Morgan fingerprint density at radius 2 is 1.71 bits per heavy atom. The Morgan fingerprint density at radius 1 is 0.956 bits per heavy atom. The van der Waals surface area contributed by atoms with E-state index in [-0.39, 0.29) is 24.6 Å². The molecule has 0 saturated carbocycles. The summed E-state index contributed by atoms with van der Waals surface area (Å²) in [6.07, 6.45) is 2.77.